The van der Waals surface area contributed by atoms with E-state index in [0.717, 1.165) is 12.1 Å². The SMILES string of the molecule is Nc1ccc(Br)c(C(=O)c2cc(F)cc(F)c2)c1. The Morgan fingerprint density at radius 3 is 2.28 bits per heavy atom. The van der Waals surface area contributed by atoms with Crippen LogP contribution in [0.4, 0.5) is 14.5 Å². The summed E-state index contributed by atoms with van der Waals surface area (Å²) >= 11 is 3.20. The third-order valence-corrected chi connectivity index (χ3v) is 3.05. The van der Waals surface area contributed by atoms with Crippen LogP contribution in [-0.2, 0) is 0 Å². The molecule has 0 aliphatic carbocycles. The molecule has 92 valence electrons. The highest BCUT2D eigenvalue weighted by Crippen LogP contribution is 2.23. The first-order valence-electron chi connectivity index (χ1n) is 5.03. The van der Waals surface area contributed by atoms with Gasteiger partial charge in [0, 0.05) is 27.4 Å². The Balaban J connectivity index is 2.51. The summed E-state index contributed by atoms with van der Waals surface area (Å²) in [5, 5.41) is 0. The fraction of sp³-hybridized carbons (Fsp3) is 0. The van der Waals surface area contributed by atoms with Crippen LogP contribution in [-0.4, -0.2) is 5.78 Å². The van der Waals surface area contributed by atoms with Crippen LogP contribution >= 0.6 is 15.9 Å². The first kappa shape index (κ1) is 12.7. The molecule has 0 fully saturated rings. The third-order valence-electron chi connectivity index (χ3n) is 2.36. The average molecular weight is 312 g/mol. The molecule has 2 rings (SSSR count). The van der Waals surface area contributed by atoms with Crippen LogP contribution in [0.3, 0.4) is 0 Å². The van der Waals surface area contributed by atoms with E-state index in [1.807, 2.05) is 0 Å². The van der Waals surface area contributed by atoms with E-state index in [9.17, 15) is 13.6 Å². The van der Waals surface area contributed by atoms with E-state index >= 15 is 0 Å². The van der Waals surface area contributed by atoms with Gasteiger partial charge in [0.25, 0.3) is 0 Å². The minimum Gasteiger partial charge on any atom is -0.399 e. The number of hydrogen-bond donors (Lipinski definition) is 1. The Hall–Kier alpha value is -1.75. The maximum Gasteiger partial charge on any atom is 0.194 e. The first-order valence-corrected chi connectivity index (χ1v) is 5.82. The lowest BCUT2D eigenvalue weighted by Crippen LogP contribution is -2.04. The number of halogens is 3. The Labute approximate surface area is 111 Å². The standard InChI is InChI=1S/C13H8BrF2NO/c14-12-2-1-10(17)6-11(12)13(18)7-3-8(15)5-9(16)4-7/h1-6H,17H2. The van der Waals surface area contributed by atoms with Crippen molar-refractivity contribution in [2.24, 2.45) is 0 Å². The van der Waals surface area contributed by atoms with Crippen LogP contribution < -0.4 is 5.73 Å². The van der Waals surface area contributed by atoms with E-state index < -0.39 is 17.4 Å². The quantitative estimate of drug-likeness (QED) is 0.681. The van der Waals surface area contributed by atoms with Gasteiger partial charge in [0.2, 0.25) is 0 Å². The van der Waals surface area contributed by atoms with Crippen molar-refractivity contribution < 1.29 is 13.6 Å². The molecule has 0 spiro atoms. The van der Waals surface area contributed by atoms with Gasteiger partial charge in [0.05, 0.1) is 0 Å². The normalized spacial score (nSPS) is 10.4. The number of anilines is 1. The average Bonchev–Trinajstić information content (AvgIpc) is 2.30. The summed E-state index contributed by atoms with van der Waals surface area (Å²) in [5.41, 5.74) is 6.19. The summed E-state index contributed by atoms with van der Waals surface area (Å²) in [7, 11) is 0. The third kappa shape index (κ3) is 2.56. The van der Waals surface area contributed by atoms with Gasteiger partial charge in [-0.3, -0.25) is 4.79 Å². The molecule has 2 aromatic rings. The van der Waals surface area contributed by atoms with Crippen LogP contribution in [0.2, 0.25) is 0 Å². The van der Waals surface area contributed by atoms with Crippen LogP contribution in [0.5, 0.6) is 0 Å². The van der Waals surface area contributed by atoms with Crippen molar-refractivity contribution in [1.29, 1.82) is 0 Å². The Morgan fingerprint density at radius 2 is 1.67 bits per heavy atom. The van der Waals surface area contributed by atoms with Crippen molar-refractivity contribution in [3.05, 3.63) is 63.6 Å². The summed E-state index contributed by atoms with van der Waals surface area (Å²) in [6.45, 7) is 0. The smallest absolute Gasteiger partial charge is 0.194 e. The lowest BCUT2D eigenvalue weighted by Gasteiger charge is -2.05. The molecule has 0 unspecified atom stereocenters. The van der Waals surface area contributed by atoms with Crippen molar-refractivity contribution in [3.8, 4) is 0 Å². The van der Waals surface area contributed by atoms with Crippen LogP contribution in [0.25, 0.3) is 0 Å². The van der Waals surface area contributed by atoms with Gasteiger partial charge in [-0.1, -0.05) is 15.9 Å². The number of nitrogen functional groups attached to an aromatic ring is 1. The predicted molar refractivity (Wildman–Crippen MR) is 68.3 cm³/mol. The molecule has 0 heterocycles. The second-order valence-corrected chi connectivity index (χ2v) is 4.58. The van der Waals surface area contributed by atoms with Gasteiger partial charge in [0.1, 0.15) is 11.6 Å². The molecule has 2 nitrogen and oxygen atoms in total. The number of benzene rings is 2. The zero-order valence-electron chi connectivity index (χ0n) is 9.08. The fourth-order valence-corrected chi connectivity index (χ4v) is 1.98. The van der Waals surface area contributed by atoms with Crippen molar-refractivity contribution in [3.63, 3.8) is 0 Å². The second kappa shape index (κ2) is 4.86. The van der Waals surface area contributed by atoms with Gasteiger partial charge in [-0.2, -0.15) is 0 Å². The van der Waals surface area contributed by atoms with E-state index in [-0.39, 0.29) is 11.1 Å². The van der Waals surface area contributed by atoms with Crippen molar-refractivity contribution >= 4 is 27.4 Å². The topological polar surface area (TPSA) is 43.1 Å². The van der Waals surface area contributed by atoms with E-state index in [4.69, 9.17) is 5.73 Å². The van der Waals surface area contributed by atoms with Crippen LogP contribution in [0.1, 0.15) is 15.9 Å². The highest BCUT2D eigenvalue weighted by Gasteiger charge is 2.14. The molecule has 0 aromatic heterocycles. The zero-order valence-corrected chi connectivity index (χ0v) is 10.7. The van der Waals surface area contributed by atoms with Crippen molar-refractivity contribution in [2.75, 3.05) is 5.73 Å². The van der Waals surface area contributed by atoms with E-state index in [2.05, 4.69) is 15.9 Å². The van der Waals surface area contributed by atoms with Crippen LogP contribution in [0, 0.1) is 11.6 Å². The lowest BCUT2D eigenvalue weighted by atomic mass is 10.0. The van der Waals surface area contributed by atoms with Gasteiger partial charge in [0.15, 0.2) is 5.78 Å². The molecule has 0 bridgehead atoms. The molecular formula is C13H8BrF2NO. The maximum atomic E-state index is 13.1. The zero-order chi connectivity index (χ0) is 13.3. The fourth-order valence-electron chi connectivity index (χ4n) is 1.56. The Morgan fingerprint density at radius 1 is 1.06 bits per heavy atom. The minimum atomic E-state index is -0.793. The molecule has 0 radical (unpaired) electrons. The molecule has 0 saturated heterocycles. The highest BCUT2D eigenvalue weighted by molar-refractivity contribution is 9.10. The van der Waals surface area contributed by atoms with Crippen molar-refractivity contribution in [1.82, 2.24) is 0 Å². The van der Waals surface area contributed by atoms with E-state index in [1.54, 1.807) is 12.1 Å². The number of ketones is 1. The van der Waals surface area contributed by atoms with Gasteiger partial charge >= 0.3 is 0 Å². The summed E-state index contributed by atoms with van der Waals surface area (Å²) in [5.74, 6) is -2.08. The monoisotopic (exact) mass is 311 g/mol. The van der Waals surface area contributed by atoms with Crippen molar-refractivity contribution in [2.45, 2.75) is 0 Å². The molecular weight excluding hydrogens is 304 g/mol. The maximum absolute atomic E-state index is 13.1. The number of nitrogens with two attached hydrogens (primary N) is 1. The van der Waals surface area contributed by atoms with Gasteiger partial charge in [-0.05, 0) is 30.3 Å². The first-order chi connectivity index (χ1) is 8.47. The summed E-state index contributed by atoms with van der Waals surface area (Å²) < 4.78 is 26.6. The number of rotatable bonds is 2. The molecule has 5 heteroatoms. The van der Waals surface area contributed by atoms with Gasteiger partial charge < -0.3 is 5.73 Å². The number of carbonyl (C=O) groups excluding carboxylic acids is 1. The molecule has 0 aliphatic heterocycles. The van der Waals surface area contributed by atoms with Gasteiger partial charge in [-0.25, -0.2) is 8.78 Å². The highest BCUT2D eigenvalue weighted by atomic mass is 79.9. The van der Waals surface area contributed by atoms with Gasteiger partial charge in [-0.15, -0.1) is 0 Å². The van der Waals surface area contributed by atoms with Crippen LogP contribution in [0.15, 0.2) is 40.9 Å². The number of hydrogen-bond acceptors (Lipinski definition) is 2. The minimum absolute atomic E-state index is 0.0567. The molecule has 2 N–H and O–H groups in total. The summed E-state index contributed by atoms with van der Waals surface area (Å²) in [6, 6.07) is 7.37. The van der Waals surface area contributed by atoms with E-state index in [1.165, 1.54) is 6.07 Å². The molecule has 0 saturated carbocycles. The molecule has 0 aliphatic rings. The lowest BCUT2D eigenvalue weighted by molar-refractivity contribution is 0.103. The van der Waals surface area contributed by atoms with E-state index in [0.29, 0.717) is 16.2 Å². The molecule has 0 amide bonds. The largest absolute Gasteiger partial charge is 0.399 e. The Kier molecular flexibility index (Phi) is 3.43. The molecule has 2 aromatic carbocycles. The molecule has 18 heavy (non-hydrogen) atoms. The Bertz CT molecular complexity index is 608. The molecule has 0 atom stereocenters. The summed E-state index contributed by atoms with van der Waals surface area (Å²) in [6.07, 6.45) is 0. The second-order valence-electron chi connectivity index (χ2n) is 3.73. The predicted octanol–water partition coefficient (Wildman–Crippen LogP) is 3.54. The summed E-state index contributed by atoms with van der Waals surface area (Å²) in [4.78, 5) is 12.1. The number of carbonyl (C=O) groups is 1.